The van der Waals surface area contributed by atoms with E-state index in [-0.39, 0.29) is 29.4 Å². The maximum Gasteiger partial charge on any atom is 0.433 e. The van der Waals surface area contributed by atoms with Gasteiger partial charge in [0.25, 0.3) is 5.91 Å². The van der Waals surface area contributed by atoms with Gasteiger partial charge in [-0.25, -0.2) is 9.50 Å². The zero-order chi connectivity index (χ0) is 28.1. The Hall–Kier alpha value is -3.89. The molecule has 0 unspecified atom stereocenters. The summed E-state index contributed by atoms with van der Waals surface area (Å²) < 4.78 is 44.2. The molecule has 5 rings (SSSR count). The second-order valence-corrected chi connectivity index (χ2v) is 9.92. The summed E-state index contributed by atoms with van der Waals surface area (Å²) in [5.41, 5.74) is 2.54. The monoisotopic (exact) mass is 572 g/mol. The van der Waals surface area contributed by atoms with Crippen molar-refractivity contribution in [2.75, 3.05) is 5.32 Å². The number of aryl methyl sites for hydroxylation is 3. The van der Waals surface area contributed by atoms with E-state index in [1.807, 2.05) is 19.9 Å². The molecule has 3 heterocycles. The summed E-state index contributed by atoms with van der Waals surface area (Å²) >= 11 is 12.5. The molecule has 0 atom stereocenters. The topological polar surface area (TPSA) is 77.1 Å². The molecule has 0 fully saturated rings. The number of carbonyl (C=O) groups excluding carboxylic acids is 1. The van der Waals surface area contributed by atoms with Crippen LogP contribution in [-0.2, 0) is 12.7 Å². The number of nitrogens with one attached hydrogen (secondary N) is 1. The fraction of sp³-hybridized carbons (Fsp3) is 0.185. The van der Waals surface area contributed by atoms with Crippen molar-refractivity contribution >= 4 is 40.6 Å². The average Bonchev–Trinajstić information content (AvgIpc) is 3.45. The molecule has 2 aromatic carbocycles. The van der Waals surface area contributed by atoms with Crippen molar-refractivity contribution in [3.05, 3.63) is 98.4 Å². The van der Waals surface area contributed by atoms with E-state index in [0.717, 1.165) is 17.2 Å². The molecule has 0 aliphatic rings. The first-order valence-electron chi connectivity index (χ1n) is 11.7. The van der Waals surface area contributed by atoms with Gasteiger partial charge in [-0.15, -0.1) is 0 Å². The van der Waals surface area contributed by atoms with E-state index in [4.69, 9.17) is 23.2 Å². The summed E-state index contributed by atoms with van der Waals surface area (Å²) in [5.74, 6) is -0.542. The third kappa shape index (κ3) is 5.35. The Morgan fingerprint density at radius 2 is 1.67 bits per heavy atom. The summed E-state index contributed by atoms with van der Waals surface area (Å²) in [6.07, 6.45) is -4.73. The molecule has 0 aliphatic carbocycles. The number of anilines is 1. The molecule has 0 saturated heterocycles. The molecule has 0 aliphatic heterocycles. The lowest BCUT2D eigenvalue weighted by Crippen LogP contribution is -2.16. The third-order valence-corrected chi connectivity index (χ3v) is 7.05. The molecule has 200 valence electrons. The Morgan fingerprint density at radius 3 is 2.33 bits per heavy atom. The highest BCUT2D eigenvalue weighted by molar-refractivity contribution is 6.36. The van der Waals surface area contributed by atoms with Gasteiger partial charge in [0.15, 0.2) is 22.9 Å². The van der Waals surface area contributed by atoms with Crippen LogP contribution in [0.5, 0.6) is 0 Å². The van der Waals surface area contributed by atoms with Crippen LogP contribution in [0.1, 0.15) is 38.6 Å². The van der Waals surface area contributed by atoms with Gasteiger partial charge in [0, 0.05) is 39.0 Å². The van der Waals surface area contributed by atoms with Crippen molar-refractivity contribution in [2.45, 2.75) is 33.5 Å². The normalized spacial score (nSPS) is 11.8. The van der Waals surface area contributed by atoms with Crippen LogP contribution in [0.15, 0.2) is 54.6 Å². The Morgan fingerprint density at radius 1 is 0.949 bits per heavy atom. The highest BCUT2D eigenvalue weighted by atomic mass is 35.5. The van der Waals surface area contributed by atoms with Crippen molar-refractivity contribution in [2.24, 2.45) is 0 Å². The van der Waals surface area contributed by atoms with Gasteiger partial charge < -0.3 is 5.32 Å². The van der Waals surface area contributed by atoms with Crippen molar-refractivity contribution in [1.82, 2.24) is 24.4 Å². The number of hydrogen-bond donors (Lipinski definition) is 1. The first-order valence-corrected chi connectivity index (χ1v) is 12.5. The highest BCUT2D eigenvalue weighted by Gasteiger charge is 2.35. The molecule has 0 spiro atoms. The second-order valence-electron chi connectivity index (χ2n) is 9.11. The Labute approximate surface area is 231 Å². The van der Waals surface area contributed by atoms with Gasteiger partial charge in [-0.05, 0) is 56.2 Å². The van der Waals surface area contributed by atoms with Crippen LogP contribution in [0.3, 0.4) is 0 Å². The number of nitrogens with zero attached hydrogens (tertiary/aromatic N) is 5. The Bertz CT molecular complexity index is 1720. The van der Waals surface area contributed by atoms with Crippen molar-refractivity contribution in [3.63, 3.8) is 0 Å². The molecular formula is C27H21Cl2F3N6O. The van der Waals surface area contributed by atoms with Crippen LogP contribution < -0.4 is 5.32 Å². The predicted octanol–water partition coefficient (Wildman–Crippen LogP) is 7.14. The SMILES string of the molecule is Cc1ccc(-c2cc(C(F)(F)F)n3nc(C(=O)Nc4cc(C)n(Cc5c(Cl)cccc5Cl)n4)cc3n2)cc1C. The van der Waals surface area contributed by atoms with Crippen LogP contribution in [0.2, 0.25) is 10.0 Å². The van der Waals surface area contributed by atoms with E-state index < -0.39 is 17.8 Å². The van der Waals surface area contributed by atoms with Gasteiger partial charge in [0.2, 0.25) is 0 Å². The molecule has 1 amide bonds. The summed E-state index contributed by atoms with van der Waals surface area (Å²) in [6.45, 7) is 5.82. The molecule has 12 heteroatoms. The van der Waals surface area contributed by atoms with Crippen LogP contribution >= 0.6 is 23.2 Å². The lowest BCUT2D eigenvalue weighted by molar-refractivity contribution is -0.142. The number of halogens is 5. The van der Waals surface area contributed by atoms with Gasteiger partial charge in [-0.1, -0.05) is 41.4 Å². The number of fused-ring (bicyclic) bond motifs is 1. The largest absolute Gasteiger partial charge is 0.433 e. The second kappa shape index (κ2) is 10.0. The van der Waals surface area contributed by atoms with E-state index in [1.54, 1.807) is 48.0 Å². The molecular weight excluding hydrogens is 552 g/mol. The summed E-state index contributed by atoms with van der Waals surface area (Å²) in [6, 6.07) is 14.2. The van der Waals surface area contributed by atoms with E-state index in [1.165, 1.54) is 6.07 Å². The molecule has 0 radical (unpaired) electrons. The molecule has 7 nitrogen and oxygen atoms in total. The van der Waals surface area contributed by atoms with E-state index >= 15 is 0 Å². The number of rotatable bonds is 5. The lowest BCUT2D eigenvalue weighted by Gasteiger charge is -2.11. The Balaban J connectivity index is 1.46. The number of carbonyl (C=O) groups is 1. The molecule has 39 heavy (non-hydrogen) atoms. The molecule has 1 N–H and O–H groups in total. The molecule has 0 saturated carbocycles. The van der Waals surface area contributed by atoms with E-state index in [0.29, 0.717) is 31.4 Å². The highest BCUT2D eigenvalue weighted by Crippen LogP contribution is 2.33. The fourth-order valence-corrected chi connectivity index (χ4v) is 4.60. The predicted molar refractivity (Wildman–Crippen MR) is 143 cm³/mol. The van der Waals surface area contributed by atoms with Crippen molar-refractivity contribution in [1.29, 1.82) is 0 Å². The van der Waals surface area contributed by atoms with Crippen LogP contribution in [0, 0.1) is 20.8 Å². The standard InChI is InChI=1S/C27H21Cl2F3N6O/c1-14-7-8-17(9-15(14)2)21-11-23(27(30,31)32)38-25(33-21)12-22(35-38)26(39)34-24-10-16(3)37(36-24)13-18-19(28)5-4-6-20(18)29/h4-12H,13H2,1-3H3,(H,34,36,39). The maximum absolute atomic E-state index is 14.0. The number of amides is 1. The van der Waals surface area contributed by atoms with E-state index in [9.17, 15) is 18.0 Å². The maximum atomic E-state index is 14.0. The fourth-order valence-electron chi connectivity index (χ4n) is 4.08. The van der Waals surface area contributed by atoms with Crippen LogP contribution in [0.4, 0.5) is 19.0 Å². The quantitative estimate of drug-likeness (QED) is 0.243. The van der Waals surface area contributed by atoms with Crippen molar-refractivity contribution < 1.29 is 18.0 Å². The van der Waals surface area contributed by atoms with Crippen LogP contribution in [0.25, 0.3) is 16.9 Å². The summed E-state index contributed by atoms with van der Waals surface area (Å²) in [4.78, 5) is 17.3. The van der Waals surface area contributed by atoms with Gasteiger partial charge in [0.1, 0.15) is 0 Å². The third-order valence-electron chi connectivity index (χ3n) is 6.35. The minimum atomic E-state index is -4.73. The van der Waals surface area contributed by atoms with Gasteiger partial charge in [0.05, 0.1) is 12.2 Å². The van der Waals surface area contributed by atoms with E-state index in [2.05, 4.69) is 20.5 Å². The lowest BCUT2D eigenvalue weighted by atomic mass is 10.0. The number of hydrogen-bond acceptors (Lipinski definition) is 4. The number of benzene rings is 2. The van der Waals surface area contributed by atoms with Crippen molar-refractivity contribution in [3.8, 4) is 11.3 Å². The first-order chi connectivity index (χ1) is 18.4. The molecule has 5 aromatic rings. The minimum Gasteiger partial charge on any atom is -0.304 e. The zero-order valence-corrected chi connectivity index (χ0v) is 22.4. The summed E-state index contributed by atoms with van der Waals surface area (Å²) in [7, 11) is 0. The minimum absolute atomic E-state index is 0.113. The summed E-state index contributed by atoms with van der Waals surface area (Å²) in [5, 5.41) is 11.8. The van der Waals surface area contributed by atoms with Gasteiger partial charge >= 0.3 is 6.18 Å². The molecule has 0 bridgehead atoms. The first kappa shape index (κ1) is 26.7. The van der Waals surface area contributed by atoms with Crippen LogP contribution in [-0.4, -0.2) is 30.3 Å². The number of aromatic nitrogens is 5. The van der Waals surface area contributed by atoms with Gasteiger partial charge in [-0.3, -0.25) is 9.48 Å². The average molecular weight is 573 g/mol. The zero-order valence-electron chi connectivity index (χ0n) is 20.9. The molecule has 3 aromatic heterocycles. The number of alkyl halides is 3. The van der Waals surface area contributed by atoms with Gasteiger partial charge in [-0.2, -0.15) is 23.4 Å². The Kier molecular flexibility index (Phi) is 6.86. The smallest absolute Gasteiger partial charge is 0.304 e.